The molecule has 1 aromatic rings. The van der Waals surface area contributed by atoms with E-state index < -0.39 is 0 Å². The van der Waals surface area contributed by atoms with Gasteiger partial charge < -0.3 is 5.32 Å². The van der Waals surface area contributed by atoms with Gasteiger partial charge in [-0.25, -0.2) is 0 Å². The Balaban J connectivity index is 2.92. The normalized spacial score (nSPS) is 12.7. The Hall–Kier alpha value is -1.09. The summed E-state index contributed by atoms with van der Waals surface area (Å²) in [6, 6.07) is 0.358. The molecule has 1 atom stereocenters. The van der Waals surface area contributed by atoms with Crippen LogP contribution in [0.3, 0.4) is 0 Å². The summed E-state index contributed by atoms with van der Waals surface area (Å²) in [4.78, 5) is 0. The zero-order valence-electron chi connectivity index (χ0n) is 9.95. The average Bonchev–Trinajstić information content (AvgIpc) is 2.59. The molecular formula is C12H21N3. The number of nitrogens with zero attached hydrogens (tertiary/aromatic N) is 2. The summed E-state index contributed by atoms with van der Waals surface area (Å²) in [6.45, 7) is 9.04. The Bertz CT molecular complexity index is 315. The summed E-state index contributed by atoms with van der Waals surface area (Å²) in [5.74, 6) is 0. The number of rotatable bonds is 6. The van der Waals surface area contributed by atoms with E-state index in [2.05, 4.69) is 37.0 Å². The lowest BCUT2D eigenvalue weighted by Gasteiger charge is -2.15. The second-order valence-electron chi connectivity index (χ2n) is 3.69. The molecule has 0 aliphatic carbocycles. The van der Waals surface area contributed by atoms with Crippen LogP contribution in [0.4, 0.5) is 0 Å². The molecule has 1 unspecified atom stereocenters. The third-order valence-electron chi connectivity index (χ3n) is 2.50. The molecule has 0 aliphatic heterocycles. The molecule has 0 aromatic carbocycles. The lowest BCUT2D eigenvalue weighted by molar-refractivity contribution is 0.555. The summed E-state index contributed by atoms with van der Waals surface area (Å²) >= 11 is 0. The van der Waals surface area contributed by atoms with Crippen LogP contribution in [-0.4, -0.2) is 16.3 Å². The van der Waals surface area contributed by atoms with Gasteiger partial charge in [-0.1, -0.05) is 19.9 Å². The molecule has 1 aromatic heterocycles. The van der Waals surface area contributed by atoms with Crippen LogP contribution in [0.5, 0.6) is 0 Å². The third-order valence-corrected chi connectivity index (χ3v) is 2.50. The Morgan fingerprint density at radius 3 is 2.87 bits per heavy atom. The highest BCUT2D eigenvalue weighted by Gasteiger charge is 2.15. The summed E-state index contributed by atoms with van der Waals surface area (Å²) < 4.78 is 1.89. The fraction of sp³-hybridized carbons (Fsp3) is 0.583. The number of hydrogen-bond donors (Lipinski definition) is 1. The molecule has 0 saturated heterocycles. The Morgan fingerprint density at radius 1 is 1.60 bits per heavy atom. The van der Waals surface area contributed by atoms with E-state index in [9.17, 15) is 0 Å². The molecule has 0 spiro atoms. The Morgan fingerprint density at radius 2 is 2.33 bits per heavy atom. The van der Waals surface area contributed by atoms with Crippen molar-refractivity contribution in [3.05, 3.63) is 30.1 Å². The van der Waals surface area contributed by atoms with E-state index in [1.165, 1.54) is 11.3 Å². The van der Waals surface area contributed by atoms with Gasteiger partial charge >= 0.3 is 0 Å². The Labute approximate surface area is 92.2 Å². The lowest BCUT2D eigenvalue weighted by Crippen LogP contribution is -2.20. The molecule has 1 heterocycles. The van der Waals surface area contributed by atoms with Crippen molar-refractivity contribution in [3.8, 4) is 0 Å². The first-order valence-electron chi connectivity index (χ1n) is 5.59. The molecule has 15 heavy (non-hydrogen) atoms. The maximum absolute atomic E-state index is 4.46. The number of nitrogens with one attached hydrogen (secondary N) is 1. The van der Waals surface area contributed by atoms with Gasteiger partial charge in [0.25, 0.3) is 0 Å². The maximum atomic E-state index is 4.46. The van der Waals surface area contributed by atoms with Crippen LogP contribution < -0.4 is 5.32 Å². The molecule has 0 radical (unpaired) electrons. The van der Waals surface area contributed by atoms with Gasteiger partial charge in [0.15, 0.2) is 0 Å². The topological polar surface area (TPSA) is 29.9 Å². The first-order valence-corrected chi connectivity index (χ1v) is 5.59. The first kappa shape index (κ1) is 12.0. The molecule has 0 amide bonds. The minimum Gasteiger partial charge on any atom is -0.310 e. The molecular weight excluding hydrogens is 186 g/mol. The van der Waals surface area contributed by atoms with E-state index in [1.54, 1.807) is 0 Å². The maximum Gasteiger partial charge on any atom is 0.0669 e. The van der Waals surface area contributed by atoms with Gasteiger partial charge in [0.1, 0.15) is 0 Å². The van der Waals surface area contributed by atoms with Crippen LogP contribution in [0.25, 0.3) is 0 Å². The summed E-state index contributed by atoms with van der Waals surface area (Å²) in [5.41, 5.74) is 2.49. The van der Waals surface area contributed by atoms with Gasteiger partial charge in [-0.15, -0.1) is 6.58 Å². The number of hydrogen-bond acceptors (Lipinski definition) is 2. The number of aromatic nitrogens is 2. The van der Waals surface area contributed by atoms with Crippen LogP contribution in [0.1, 0.15) is 37.6 Å². The van der Waals surface area contributed by atoms with Crippen molar-refractivity contribution in [3.63, 3.8) is 0 Å². The highest BCUT2D eigenvalue weighted by Crippen LogP contribution is 2.20. The molecule has 0 saturated carbocycles. The van der Waals surface area contributed by atoms with Crippen LogP contribution >= 0.6 is 0 Å². The van der Waals surface area contributed by atoms with Crippen molar-refractivity contribution in [2.45, 2.75) is 32.7 Å². The summed E-state index contributed by atoms with van der Waals surface area (Å²) in [5, 5.41) is 7.92. The van der Waals surface area contributed by atoms with Gasteiger partial charge in [0, 0.05) is 24.8 Å². The van der Waals surface area contributed by atoms with Gasteiger partial charge in [0.2, 0.25) is 0 Å². The number of aryl methyl sites for hydroxylation is 2. The van der Waals surface area contributed by atoms with Crippen molar-refractivity contribution >= 4 is 0 Å². The summed E-state index contributed by atoms with van der Waals surface area (Å²) in [6.07, 6.45) is 6.00. The Kier molecular flexibility index (Phi) is 4.56. The molecule has 3 nitrogen and oxygen atoms in total. The lowest BCUT2D eigenvalue weighted by atomic mass is 10.0. The molecule has 84 valence electrons. The van der Waals surface area contributed by atoms with Crippen LogP contribution in [0.15, 0.2) is 18.9 Å². The van der Waals surface area contributed by atoms with E-state index >= 15 is 0 Å². The standard InChI is InChI=1S/C12H21N3/c1-5-8-12(13-7-3)10-9-15(4)14-11(10)6-2/h5,9,12-13H,1,6-8H2,2-4H3. The first-order chi connectivity index (χ1) is 7.22. The zero-order valence-corrected chi connectivity index (χ0v) is 9.95. The minimum atomic E-state index is 0.358. The zero-order chi connectivity index (χ0) is 11.3. The van der Waals surface area contributed by atoms with Gasteiger partial charge in [-0.05, 0) is 19.4 Å². The van der Waals surface area contributed by atoms with Gasteiger partial charge in [-0.3, -0.25) is 4.68 Å². The minimum absolute atomic E-state index is 0.358. The monoisotopic (exact) mass is 207 g/mol. The van der Waals surface area contributed by atoms with Gasteiger partial charge in [-0.2, -0.15) is 5.10 Å². The second kappa shape index (κ2) is 5.71. The molecule has 1 rings (SSSR count). The fourth-order valence-electron chi connectivity index (χ4n) is 1.85. The molecule has 0 fully saturated rings. The highest BCUT2D eigenvalue weighted by molar-refractivity contribution is 5.22. The third kappa shape index (κ3) is 2.93. The van der Waals surface area contributed by atoms with Crippen LogP contribution in [0, 0.1) is 0 Å². The van der Waals surface area contributed by atoms with Crippen molar-refractivity contribution < 1.29 is 0 Å². The smallest absolute Gasteiger partial charge is 0.0669 e. The predicted octanol–water partition coefficient (Wildman–Crippen LogP) is 2.21. The quantitative estimate of drug-likeness (QED) is 0.725. The molecule has 0 bridgehead atoms. The van der Waals surface area contributed by atoms with Crippen LogP contribution in [0.2, 0.25) is 0 Å². The average molecular weight is 207 g/mol. The van der Waals surface area contributed by atoms with E-state index in [1.807, 2.05) is 17.8 Å². The summed E-state index contributed by atoms with van der Waals surface area (Å²) in [7, 11) is 1.97. The van der Waals surface area contributed by atoms with E-state index in [4.69, 9.17) is 0 Å². The van der Waals surface area contributed by atoms with Crippen molar-refractivity contribution in [2.75, 3.05) is 6.54 Å². The van der Waals surface area contributed by atoms with Gasteiger partial charge in [0.05, 0.1) is 5.69 Å². The highest BCUT2D eigenvalue weighted by atomic mass is 15.3. The SMILES string of the molecule is C=CCC(NCC)c1cn(C)nc1CC. The fourth-order valence-corrected chi connectivity index (χ4v) is 1.85. The predicted molar refractivity (Wildman–Crippen MR) is 63.8 cm³/mol. The van der Waals surface area contributed by atoms with E-state index in [0.717, 1.165) is 19.4 Å². The van der Waals surface area contributed by atoms with Crippen molar-refractivity contribution in [2.24, 2.45) is 7.05 Å². The molecule has 1 N–H and O–H groups in total. The van der Waals surface area contributed by atoms with E-state index in [-0.39, 0.29) is 0 Å². The molecule has 3 heteroatoms. The second-order valence-corrected chi connectivity index (χ2v) is 3.69. The van der Waals surface area contributed by atoms with Crippen molar-refractivity contribution in [1.29, 1.82) is 0 Å². The van der Waals surface area contributed by atoms with Crippen LogP contribution in [-0.2, 0) is 13.5 Å². The van der Waals surface area contributed by atoms with Crippen molar-refractivity contribution in [1.82, 2.24) is 15.1 Å². The van der Waals surface area contributed by atoms with E-state index in [0.29, 0.717) is 6.04 Å². The largest absolute Gasteiger partial charge is 0.310 e. The molecule has 0 aliphatic rings.